The van der Waals surface area contributed by atoms with Crippen molar-refractivity contribution in [2.24, 2.45) is 0 Å². The van der Waals surface area contributed by atoms with Crippen LogP contribution in [0.3, 0.4) is 0 Å². The molecule has 0 heterocycles. The van der Waals surface area contributed by atoms with Crippen molar-refractivity contribution in [1.29, 1.82) is 0 Å². The Kier molecular flexibility index (Phi) is 3.16. The molecule has 0 aromatic rings. The molecule has 0 aliphatic heterocycles. The van der Waals surface area contributed by atoms with E-state index in [-0.39, 0.29) is 11.1 Å². The minimum absolute atomic E-state index is 0.0828. The summed E-state index contributed by atoms with van der Waals surface area (Å²) < 4.78 is 2.56. The van der Waals surface area contributed by atoms with E-state index in [4.69, 9.17) is 11.8 Å². The maximum absolute atomic E-state index is 5.12. The highest BCUT2D eigenvalue weighted by molar-refractivity contribution is 8.14. The molecule has 34 valence electrons. The zero-order chi connectivity index (χ0) is 4.28. The second-order valence-electron chi connectivity index (χ2n) is 0.979. The molecule has 0 spiro atoms. The first-order valence-electron chi connectivity index (χ1n) is 1.31. The topological polar surface area (TPSA) is 12.0 Å². The molecule has 0 amide bonds. The summed E-state index contributed by atoms with van der Waals surface area (Å²) in [6.45, 7) is 0. The van der Waals surface area contributed by atoms with Crippen LogP contribution < -0.4 is 4.24 Å². The van der Waals surface area contributed by atoms with Gasteiger partial charge in [-0.3, -0.25) is 0 Å². The van der Waals surface area contributed by atoms with E-state index in [1.807, 2.05) is 12.5 Å². The van der Waals surface area contributed by atoms with Crippen LogP contribution in [0.4, 0.5) is 0 Å². The molecule has 0 bridgehead atoms. The first kappa shape index (κ1) is 5.60. The number of nitrogens with one attached hydrogen (secondary N) is 1. The molecule has 0 rings (SSSR count). The predicted octanol–water partition coefficient (Wildman–Crippen LogP) is 0.906. The van der Waals surface area contributed by atoms with E-state index in [0.29, 0.717) is 0 Å². The molecule has 0 fully saturated rings. The second-order valence-corrected chi connectivity index (χ2v) is 3.44. The van der Waals surface area contributed by atoms with Gasteiger partial charge in [-0.15, -0.1) is 0 Å². The Hall–Kier alpha value is 0.600. The van der Waals surface area contributed by atoms with Crippen molar-refractivity contribution in [3.8, 4) is 0 Å². The van der Waals surface area contributed by atoms with Gasteiger partial charge in [-0.25, -0.2) is 0 Å². The van der Waals surface area contributed by atoms with Gasteiger partial charge >= 0.3 is 0 Å². The fourth-order valence-electron chi connectivity index (χ4n) is 0. The van der Waals surface area contributed by atoms with Crippen molar-refractivity contribution in [1.82, 2.24) is 4.24 Å². The third-order valence-corrected chi connectivity index (χ3v) is 1.52. The highest BCUT2D eigenvalue weighted by Gasteiger charge is 1.71. The van der Waals surface area contributed by atoms with E-state index >= 15 is 0 Å². The standard InChI is InChI=1S/C2H8ClNS/c1-5(2)4-3/h4-5H,1-2H3. The van der Waals surface area contributed by atoms with Gasteiger partial charge in [0.05, 0.1) is 0 Å². The minimum atomic E-state index is -0.0828. The third-order valence-electron chi connectivity index (χ3n) is 0.169. The Balaban J connectivity index is 2.54. The van der Waals surface area contributed by atoms with Gasteiger partial charge in [0.15, 0.2) is 0 Å². The summed E-state index contributed by atoms with van der Waals surface area (Å²) in [5, 5.41) is 0. The molecule has 0 aromatic carbocycles. The van der Waals surface area contributed by atoms with E-state index < -0.39 is 0 Å². The first-order chi connectivity index (χ1) is 2.27. The zero-order valence-electron chi connectivity index (χ0n) is 3.33. The lowest BCUT2D eigenvalue weighted by molar-refractivity contribution is 1.69. The summed E-state index contributed by atoms with van der Waals surface area (Å²) in [4.78, 5) is 0. The van der Waals surface area contributed by atoms with Gasteiger partial charge in [-0.1, -0.05) is 0 Å². The molecule has 0 radical (unpaired) electrons. The van der Waals surface area contributed by atoms with Crippen LogP contribution >= 0.6 is 22.9 Å². The summed E-state index contributed by atoms with van der Waals surface area (Å²) in [5.41, 5.74) is 0. The average molecular weight is 114 g/mol. The van der Waals surface area contributed by atoms with Crippen LogP contribution in [0, 0.1) is 0 Å². The Morgan fingerprint density at radius 1 is 1.60 bits per heavy atom. The smallest absolute Gasteiger partial charge is 0.0153 e. The van der Waals surface area contributed by atoms with Gasteiger partial charge in [-0.2, -0.15) is 15.3 Å². The summed E-state index contributed by atoms with van der Waals surface area (Å²) in [6.07, 6.45) is 4.09. The molecular weight excluding hydrogens is 106 g/mol. The van der Waals surface area contributed by atoms with Crippen LogP contribution in [-0.2, 0) is 0 Å². The summed E-state index contributed by atoms with van der Waals surface area (Å²) >= 11 is 5.03. The van der Waals surface area contributed by atoms with E-state index in [1.165, 1.54) is 0 Å². The molecule has 1 nitrogen and oxygen atoms in total. The third kappa shape index (κ3) is 4.60. The Morgan fingerprint density at radius 3 is 1.80 bits per heavy atom. The number of hydrogen-bond acceptors (Lipinski definition) is 1. The molecule has 3 heteroatoms. The fourth-order valence-corrected chi connectivity index (χ4v) is 0. The number of rotatable bonds is 1. The fraction of sp³-hybridized carbons (Fsp3) is 1.00. The molecule has 0 atom stereocenters. The highest BCUT2D eigenvalue weighted by Crippen LogP contribution is 2.04. The van der Waals surface area contributed by atoms with Gasteiger partial charge in [0.25, 0.3) is 0 Å². The molecular formula is C2H8ClNS. The van der Waals surface area contributed by atoms with E-state index in [1.54, 1.807) is 0 Å². The monoisotopic (exact) mass is 113 g/mol. The minimum Gasteiger partial charge on any atom is -0.198 e. The normalized spacial score (nSPS) is 11.4. The van der Waals surface area contributed by atoms with Gasteiger partial charge in [0.1, 0.15) is 0 Å². The van der Waals surface area contributed by atoms with Crippen molar-refractivity contribution in [3.63, 3.8) is 0 Å². The molecule has 0 aliphatic rings. The number of thiol groups is 1. The number of halogens is 1. The van der Waals surface area contributed by atoms with E-state index in [0.717, 1.165) is 0 Å². The summed E-state index contributed by atoms with van der Waals surface area (Å²) in [7, 11) is 0. The van der Waals surface area contributed by atoms with Crippen LogP contribution in [0.25, 0.3) is 0 Å². The van der Waals surface area contributed by atoms with Crippen LogP contribution in [-0.4, -0.2) is 12.5 Å². The van der Waals surface area contributed by atoms with Crippen molar-refractivity contribution in [2.45, 2.75) is 0 Å². The van der Waals surface area contributed by atoms with Crippen LogP contribution in [0.1, 0.15) is 0 Å². The molecule has 5 heavy (non-hydrogen) atoms. The second kappa shape index (κ2) is 2.82. The van der Waals surface area contributed by atoms with Crippen molar-refractivity contribution < 1.29 is 0 Å². The maximum Gasteiger partial charge on any atom is -0.0153 e. The Morgan fingerprint density at radius 2 is 1.80 bits per heavy atom. The quantitative estimate of drug-likeness (QED) is 0.381. The molecule has 0 unspecified atom stereocenters. The largest absolute Gasteiger partial charge is 0.198 e. The lowest BCUT2D eigenvalue weighted by Crippen LogP contribution is -1.86. The number of hydrogen-bond donors (Lipinski definition) is 2. The lowest BCUT2D eigenvalue weighted by atomic mass is 11.9. The molecule has 0 saturated carbocycles. The SMILES string of the molecule is C[SH](C)NCl. The predicted molar refractivity (Wildman–Crippen MR) is 29.8 cm³/mol. The van der Waals surface area contributed by atoms with Gasteiger partial charge in [0.2, 0.25) is 0 Å². The van der Waals surface area contributed by atoms with Gasteiger partial charge < -0.3 is 0 Å². The first-order valence-corrected chi connectivity index (χ1v) is 3.92. The van der Waals surface area contributed by atoms with Gasteiger partial charge in [-0.05, 0) is 24.3 Å². The van der Waals surface area contributed by atoms with E-state index in [9.17, 15) is 0 Å². The zero-order valence-corrected chi connectivity index (χ0v) is 4.98. The Labute approximate surface area is 40.3 Å². The van der Waals surface area contributed by atoms with Crippen LogP contribution in [0.2, 0.25) is 0 Å². The molecule has 1 N–H and O–H groups in total. The maximum atomic E-state index is 5.12. The molecule has 0 aliphatic carbocycles. The van der Waals surface area contributed by atoms with E-state index in [2.05, 4.69) is 4.24 Å². The molecule has 0 aromatic heterocycles. The van der Waals surface area contributed by atoms with Crippen LogP contribution in [0.15, 0.2) is 0 Å². The van der Waals surface area contributed by atoms with Crippen molar-refractivity contribution in [3.05, 3.63) is 0 Å². The summed E-state index contributed by atoms with van der Waals surface area (Å²) in [6, 6.07) is 0. The highest BCUT2D eigenvalue weighted by atomic mass is 35.5. The van der Waals surface area contributed by atoms with Gasteiger partial charge in [0, 0.05) is 0 Å². The molecule has 0 saturated heterocycles. The van der Waals surface area contributed by atoms with Crippen LogP contribution in [0.5, 0.6) is 0 Å². The average Bonchev–Trinajstić information content (AvgIpc) is 1.38. The van der Waals surface area contributed by atoms with Crippen molar-refractivity contribution in [2.75, 3.05) is 12.5 Å². The van der Waals surface area contributed by atoms with Crippen molar-refractivity contribution >= 4 is 22.9 Å². The lowest BCUT2D eigenvalue weighted by Gasteiger charge is -1.99. The summed E-state index contributed by atoms with van der Waals surface area (Å²) in [5.74, 6) is 0. The Bertz CT molecular complexity index is 23.6.